The van der Waals surface area contributed by atoms with E-state index in [1.54, 1.807) is 35.2 Å². The highest BCUT2D eigenvalue weighted by Gasteiger charge is 2.42. The molecule has 6 heteroatoms. The highest BCUT2D eigenvalue weighted by molar-refractivity contribution is 6.31. The van der Waals surface area contributed by atoms with E-state index in [9.17, 15) is 14.0 Å². The molecule has 1 atom stereocenters. The van der Waals surface area contributed by atoms with Gasteiger partial charge in [-0.1, -0.05) is 53.6 Å². The van der Waals surface area contributed by atoms with Crippen LogP contribution in [0.3, 0.4) is 0 Å². The van der Waals surface area contributed by atoms with Crippen LogP contribution < -0.4 is 5.43 Å². The zero-order valence-electron chi connectivity index (χ0n) is 16.6. The van der Waals surface area contributed by atoms with Gasteiger partial charge in [0.05, 0.1) is 17.0 Å². The lowest BCUT2D eigenvalue weighted by Gasteiger charge is -2.25. The summed E-state index contributed by atoms with van der Waals surface area (Å²) in [4.78, 5) is 28.4. The van der Waals surface area contributed by atoms with Crippen molar-refractivity contribution in [2.75, 3.05) is 0 Å². The second-order valence-electron chi connectivity index (χ2n) is 7.69. The number of aryl methyl sites for hydroxylation is 1. The van der Waals surface area contributed by atoms with Gasteiger partial charge in [0.15, 0.2) is 5.43 Å². The molecule has 0 N–H and O–H groups in total. The Hall–Kier alpha value is -3.44. The lowest BCUT2D eigenvalue weighted by molar-refractivity contribution is 0.0714. The van der Waals surface area contributed by atoms with Crippen LogP contribution in [0.15, 0.2) is 75.9 Å². The molecule has 4 aromatic rings. The summed E-state index contributed by atoms with van der Waals surface area (Å²) in [6.45, 7) is 2.18. The van der Waals surface area contributed by atoms with Crippen molar-refractivity contribution in [3.05, 3.63) is 116 Å². The maximum Gasteiger partial charge on any atom is 0.291 e. The van der Waals surface area contributed by atoms with E-state index in [1.165, 1.54) is 12.1 Å². The molecule has 1 aliphatic rings. The number of fused-ring (bicyclic) bond motifs is 2. The van der Waals surface area contributed by atoms with Crippen LogP contribution >= 0.6 is 11.6 Å². The minimum atomic E-state index is -0.618. The smallest absolute Gasteiger partial charge is 0.291 e. The highest BCUT2D eigenvalue weighted by Crippen LogP contribution is 2.39. The van der Waals surface area contributed by atoms with Gasteiger partial charge in [-0.2, -0.15) is 0 Å². The number of amides is 1. The van der Waals surface area contributed by atoms with Crippen molar-refractivity contribution >= 4 is 28.5 Å². The van der Waals surface area contributed by atoms with E-state index in [2.05, 4.69) is 0 Å². The van der Waals surface area contributed by atoms with Crippen LogP contribution in [0.5, 0.6) is 0 Å². The second kappa shape index (κ2) is 7.36. The van der Waals surface area contributed by atoms with Crippen LogP contribution in [0.25, 0.3) is 11.0 Å². The molecule has 0 bridgehead atoms. The Morgan fingerprint density at radius 3 is 2.42 bits per heavy atom. The highest BCUT2D eigenvalue weighted by atomic mass is 35.5. The molecule has 0 spiro atoms. The molecule has 0 radical (unpaired) electrons. The van der Waals surface area contributed by atoms with E-state index < -0.39 is 6.04 Å². The molecule has 0 aliphatic carbocycles. The van der Waals surface area contributed by atoms with Gasteiger partial charge in [-0.3, -0.25) is 9.59 Å². The van der Waals surface area contributed by atoms with Crippen LogP contribution in [0.4, 0.5) is 4.39 Å². The molecule has 4 nitrogen and oxygen atoms in total. The summed E-state index contributed by atoms with van der Waals surface area (Å²) in [5, 5.41) is 0.749. The number of hydrogen-bond donors (Lipinski definition) is 0. The van der Waals surface area contributed by atoms with Crippen molar-refractivity contribution in [3.63, 3.8) is 0 Å². The predicted molar refractivity (Wildman–Crippen MR) is 117 cm³/mol. The Kier molecular flexibility index (Phi) is 4.63. The minimum absolute atomic E-state index is 0.0347. The molecule has 5 rings (SSSR count). The molecule has 1 aromatic heterocycles. The minimum Gasteiger partial charge on any atom is -0.450 e. The van der Waals surface area contributed by atoms with Gasteiger partial charge in [0, 0.05) is 11.6 Å². The van der Waals surface area contributed by atoms with E-state index in [-0.39, 0.29) is 29.5 Å². The number of nitrogens with zero attached hydrogens (tertiary/aromatic N) is 1. The maximum absolute atomic E-state index is 13.5. The summed E-state index contributed by atoms with van der Waals surface area (Å²) >= 11 is 6.10. The number of carbonyl (C=O) groups excluding carboxylic acids is 1. The van der Waals surface area contributed by atoms with Gasteiger partial charge in [0.2, 0.25) is 5.76 Å². The van der Waals surface area contributed by atoms with Crippen molar-refractivity contribution in [3.8, 4) is 0 Å². The Morgan fingerprint density at radius 2 is 1.71 bits per heavy atom. The van der Waals surface area contributed by atoms with Crippen LogP contribution in [-0.4, -0.2) is 10.8 Å². The third-order valence-electron chi connectivity index (χ3n) is 5.59. The molecule has 1 unspecified atom stereocenters. The fourth-order valence-corrected chi connectivity index (χ4v) is 4.21. The zero-order chi connectivity index (χ0) is 21.7. The number of carbonyl (C=O) groups is 1. The van der Waals surface area contributed by atoms with Crippen molar-refractivity contribution < 1.29 is 13.6 Å². The van der Waals surface area contributed by atoms with Gasteiger partial charge in [-0.05, 0) is 48.4 Å². The number of halogens is 2. The summed E-state index contributed by atoms with van der Waals surface area (Å²) in [5.74, 6) is -0.693. The van der Waals surface area contributed by atoms with Gasteiger partial charge >= 0.3 is 0 Å². The number of benzene rings is 3. The summed E-state index contributed by atoms with van der Waals surface area (Å²) in [5.41, 5.74) is 2.95. The third kappa shape index (κ3) is 3.31. The summed E-state index contributed by atoms with van der Waals surface area (Å²) < 4.78 is 19.3. The first kappa shape index (κ1) is 19.5. The van der Waals surface area contributed by atoms with E-state index in [1.807, 2.05) is 31.2 Å². The average molecular weight is 434 g/mol. The van der Waals surface area contributed by atoms with Crippen molar-refractivity contribution in [1.29, 1.82) is 0 Å². The van der Waals surface area contributed by atoms with E-state index in [0.717, 1.165) is 16.7 Å². The molecular formula is C25H17ClFNO3. The fraction of sp³-hybridized carbons (Fsp3) is 0.120. The van der Waals surface area contributed by atoms with Crippen molar-refractivity contribution in [2.24, 2.45) is 0 Å². The first-order chi connectivity index (χ1) is 14.9. The number of hydrogen-bond acceptors (Lipinski definition) is 3. The number of rotatable bonds is 3. The van der Waals surface area contributed by atoms with E-state index >= 15 is 0 Å². The first-order valence-corrected chi connectivity index (χ1v) is 10.2. The SMILES string of the molecule is Cc1ccc(C2c3c(oc4ccc(Cl)cc4c3=O)C(=O)N2Cc2ccc(F)cc2)cc1. The Labute approximate surface area is 182 Å². The van der Waals surface area contributed by atoms with Gasteiger partial charge in [-0.25, -0.2) is 4.39 Å². The Bertz CT molecular complexity index is 1380. The quantitative estimate of drug-likeness (QED) is 0.420. The largest absolute Gasteiger partial charge is 0.450 e. The molecule has 0 saturated carbocycles. The molecular weight excluding hydrogens is 417 g/mol. The fourth-order valence-electron chi connectivity index (χ4n) is 4.04. The summed E-state index contributed by atoms with van der Waals surface area (Å²) in [6.07, 6.45) is 0. The summed E-state index contributed by atoms with van der Waals surface area (Å²) in [6, 6.07) is 17.8. The molecule has 154 valence electrons. The standard InChI is InChI=1S/C25H17ClFNO3/c1-14-2-6-16(7-3-14)22-21-23(29)19-12-17(26)8-11-20(19)31-24(21)25(30)28(22)13-15-4-9-18(27)10-5-15/h2-12,22H,13H2,1H3. The Balaban J connectivity index is 1.72. The predicted octanol–water partition coefficient (Wildman–Crippen LogP) is 5.64. The van der Waals surface area contributed by atoms with Crippen LogP contribution in [-0.2, 0) is 6.54 Å². The monoisotopic (exact) mass is 433 g/mol. The van der Waals surface area contributed by atoms with Crippen LogP contribution in [0, 0.1) is 12.7 Å². The lowest BCUT2D eigenvalue weighted by Crippen LogP contribution is -2.29. The van der Waals surface area contributed by atoms with Gasteiger partial charge < -0.3 is 9.32 Å². The van der Waals surface area contributed by atoms with Crippen LogP contribution in [0.1, 0.15) is 38.9 Å². The van der Waals surface area contributed by atoms with Crippen LogP contribution in [0.2, 0.25) is 5.02 Å². The normalized spacial score (nSPS) is 15.5. The molecule has 1 amide bonds. The summed E-state index contributed by atoms with van der Waals surface area (Å²) in [7, 11) is 0. The molecule has 0 saturated heterocycles. The Morgan fingerprint density at radius 1 is 1.00 bits per heavy atom. The van der Waals surface area contributed by atoms with Gasteiger partial charge in [-0.15, -0.1) is 0 Å². The van der Waals surface area contributed by atoms with Crippen molar-refractivity contribution in [2.45, 2.75) is 19.5 Å². The van der Waals surface area contributed by atoms with E-state index in [4.69, 9.17) is 16.0 Å². The van der Waals surface area contributed by atoms with E-state index in [0.29, 0.717) is 21.6 Å². The topological polar surface area (TPSA) is 50.5 Å². The lowest BCUT2D eigenvalue weighted by atomic mass is 9.97. The van der Waals surface area contributed by atoms with Gasteiger partial charge in [0.25, 0.3) is 5.91 Å². The molecule has 3 aromatic carbocycles. The van der Waals surface area contributed by atoms with Crippen molar-refractivity contribution in [1.82, 2.24) is 4.90 Å². The second-order valence-corrected chi connectivity index (χ2v) is 8.12. The molecule has 31 heavy (non-hydrogen) atoms. The zero-order valence-corrected chi connectivity index (χ0v) is 17.3. The van der Waals surface area contributed by atoms with Gasteiger partial charge in [0.1, 0.15) is 11.4 Å². The molecule has 0 fully saturated rings. The first-order valence-electron chi connectivity index (χ1n) is 9.80. The molecule has 1 aliphatic heterocycles. The average Bonchev–Trinajstić information content (AvgIpc) is 3.03. The molecule has 2 heterocycles. The maximum atomic E-state index is 13.5. The third-order valence-corrected chi connectivity index (χ3v) is 5.82.